The van der Waals surface area contributed by atoms with Gasteiger partial charge in [-0.1, -0.05) is 12.1 Å². The number of anilines is 2. The van der Waals surface area contributed by atoms with Crippen LogP contribution in [0.15, 0.2) is 30.7 Å². The molecule has 0 aliphatic carbocycles. The van der Waals surface area contributed by atoms with Gasteiger partial charge in [0.1, 0.15) is 12.1 Å². The molecule has 0 aliphatic heterocycles. The van der Waals surface area contributed by atoms with Crippen molar-refractivity contribution >= 4 is 34.1 Å². The van der Waals surface area contributed by atoms with E-state index in [1.165, 1.54) is 11.1 Å². The van der Waals surface area contributed by atoms with Crippen molar-refractivity contribution in [2.24, 2.45) is 0 Å². The maximum Gasteiger partial charge on any atom is 0.147 e. The zero-order valence-corrected chi connectivity index (χ0v) is 11.3. The standard InChI is InChI=1S/C12H12IN3/c1-8-4-3-5-11(9(8)2)16-12-10(13)6-14-7-15-12/h3-7H,1-2H3,(H,14,15,16). The fraction of sp³-hybridized carbons (Fsp3) is 0.167. The molecular weight excluding hydrogens is 313 g/mol. The fourth-order valence-corrected chi connectivity index (χ4v) is 1.85. The van der Waals surface area contributed by atoms with Crippen LogP contribution in [-0.4, -0.2) is 9.97 Å². The molecule has 0 aliphatic rings. The van der Waals surface area contributed by atoms with Crippen molar-refractivity contribution in [3.8, 4) is 0 Å². The Hall–Kier alpha value is -1.17. The zero-order chi connectivity index (χ0) is 11.5. The van der Waals surface area contributed by atoms with Crippen LogP contribution < -0.4 is 5.32 Å². The van der Waals surface area contributed by atoms with Gasteiger partial charge in [0.25, 0.3) is 0 Å². The van der Waals surface area contributed by atoms with E-state index in [1.54, 1.807) is 12.5 Å². The molecule has 0 radical (unpaired) electrons. The molecule has 1 aromatic heterocycles. The molecular formula is C12H12IN3. The third kappa shape index (κ3) is 2.32. The molecule has 1 heterocycles. The largest absolute Gasteiger partial charge is 0.339 e. The highest BCUT2D eigenvalue weighted by Gasteiger charge is 2.04. The van der Waals surface area contributed by atoms with Gasteiger partial charge in [0, 0.05) is 11.9 Å². The lowest BCUT2D eigenvalue weighted by Gasteiger charge is -2.11. The Morgan fingerprint density at radius 1 is 1.25 bits per heavy atom. The number of benzene rings is 1. The van der Waals surface area contributed by atoms with Gasteiger partial charge in [-0.3, -0.25) is 0 Å². The smallest absolute Gasteiger partial charge is 0.147 e. The summed E-state index contributed by atoms with van der Waals surface area (Å²) in [5, 5.41) is 3.32. The van der Waals surface area contributed by atoms with Crippen LogP contribution in [0, 0.1) is 17.4 Å². The molecule has 82 valence electrons. The Kier molecular flexibility index (Phi) is 3.38. The van der Waals surface area contributed by atoms with Gasteiger partial charge in [-0.25, -0.2) is 9.97 Å². The quantitative estimate of drug-likeness (QED) is 0.860. The summed E-state index contributed by atoms with van der Waals surface area (Å²) >= 11 is 2.22. The third-order valence-corrected chi connectivity index (χ3v) is 3.31. The summed E-state index contributed by atoms with van der Waals surface area (Å²) in [5.41, 5.74) is 3.61. The SMILES string of the molecule is Cc1cccc(Nc2ncncc2I)c1C. The topological polar surface area (TPSA) is 37.8 Å². The number of nitrogens with zero attached hydrogens (tertiary/aromatic N) is 2. The van der Waals surface area contributed by atoms with Gasteiger partial charge < -0.3 is 5.32 Å². The van der Waals surface area contributed by atoms with E-state index >= 15 is 0 Å². The van der Waals surface area contributed by atoms with Crippen LogP contribution in [0.4, 0.5) is 11.5 Å². The Balaban J connectivity index is 2.35. The molecule has 16 heavy (non-hydrogen) atoms. The van der Waals surface area contributed by atoms with Crippen molar-refractivity contribution in [1.82, 2.24) is 9.97 Å². The normalized spacial score (nSPS) is 10.2. The molecule has 0 saturated carbocycles. The summed E-state index contributed by atoms with van der Waals surface area (Å²) in [5.74, 6) is 0.851. The lowest BCUT2D eigenvalue weighted by Crippen LogP contribution is -1.99. The van der Waals surface area contributed by atoms with Crippen molar-refractivity contribution in [3.63, 3.8) is 0 Å². The summed E-state index contributed by atoms with van der Waals surface area (Å²) in [6, 6.07) is 6.20. The number of nitrogens with one attached hydrogen (secondary N) is 1. The maximum atomic E-state index is 4.21. The van der Waals surface area contributed by atoms with Crippen molar-refractivity contribution in [2.45, 2.75) is 13.8 Å². The van der Waals surface area contributed by atoms with E-state index in [0.29, 0.717) is 0 Å². The number of hydrogen-bond acceptors (Lipinski definition) is 3. The lowest BCUT2D eigenvalue weighted by atomic mass is 10.1. The molecule has 0 spiro atoms. The first-order valence-corrected chi connectivity index (χ1v) is 6.05. The van der Waals surface area contributed by atoms with Gasteiger partial charge in [0.05, 0.1) is 3.57 Å². The molecule has 0 unspecified atom stereocenters. The molecule has 0 fully saturated rings. The van der Waals surface area contributed by atoms with Crippen LogP contribution >= 0.6 is 22.6 Å². The van der Waals surface area contributed by atoms with Gasteiger partial charge >= 0.3 is 0 Å². The number of hydrogen-bond donors (Lipinski definition) is 1. The second-order valence-corrected chi connectivity index (χ2v) is 4.75. The van der Waals surface area contributed by atoms with Crippen LogP contribution in [0.2, 0.25) is 0 Å². The molecule has 3 nitrogen and oxygen atoms in total. The fourth-order valence-electron chi connectivity index (χ4n) is 1.42. The summed E-state index contributed by atoms with van der Waals surface area (Å²) in [4.78, 5) is 8.18. The second kappa shape index (κ2) is 4.78. The predicted octanol–water partition coefficient (Wildman–Crippen LogP) is 3.44. The van der Waals surface area contributed by atoms with Gasteiger partial charge in [0.2, 0.25) is 0 Å². The van der Waals surface area contributed by atoms with Crippen molar-refractivity contribution < 1.29 is 0 Å². The van der Waals surface area contributed by atoms with Gasteiger partial charge in [-0.2, -0.15) is 0 Å². The number of halogens is 1. The van der Waals surface area contributed by atoms with E-state index in [4.69, 9.17) is 0 Å². The summed E-state index contributed by atoms with van der Waals surface area (Å²) < 4.78 is 1.01. The lowest BCUT2D eigenvalue weighted by molar-refractivity contribution is 1.15. The van der Waals surface area contributed by atoms with E-state index in [1.807, 2.05) is 6.07 Å². The molecule has 1 aromatic carbocycles. The van der Waals surface area contributed by atoms with E-state index < -0.39 is 0 Å². The average molecular weight is 325 g/mol. The average Bonchev–Trinajstić information content (AvgIpc) is 2.28. The molecule has 2 rings (SSSR count). The predicted molar refractivity (Wildman–Crippen MR) is 73.9 cm³/mol. The molecule has 4 heteroatoms. The van der Waals surface area contributed by atoms with Crippen LogP contribution in [0.3, 0.4) is 0 Å². The first-order chi connectivity index (χ1) is 7.68. The molecule has 0 atom stereocenters. The van der Waals surface area contributed by atoms with E-state index in [2.05, 4.69) is 63.9 Å². The van der Waals surface area contributed by atoms with Crippen LogP contribution in [-0.2, 0) is 0 Å². The summed E-state index contributed by atoms with van der Waals surface area (Å²) in [7, 11) is 0. The van der Waals surface area contributed by atoms with Gasteiger partial charge in [0.15, 0.2) is 0 Å². The molecule has 0 saturated heterocycles. The minimum atomic E-state index is 0.851. The van der Waals surface area contributed by atoms with Crippen molar-refractivity contribution in [1.29, 1.82) is 0 Å². The van der Waals surface area contributed by atoms with Crippen molar-refractivity contribution in [2.75, 3.05) is 5.32 Å². The minimum absolute atomic E-state index is 0.851. The number of aromatic nitrogens is 2. The van der Waals surface area contributed by atoms with E-state index in [-0.39, 0.29) is 0 Å². The zero-order valence-electron chi connectivity index (χ0n) is 9.16. The van der Waals surface area contributed by atoms with E-state index in [9.17, 15) is 0 Å². The highest BCUT2D eigenvalue weighted by molar-refractivity contribution is 14.1. The van der Waals surface area contributed by atoms with Crippen LogP contribution in [0.1, 0.15) is 11.1 Å². The minimum Gasteiger partial charge on any atom is -0.339 e. The van der Waals surface area contributed by atoms with Crippen molar-refractivity contribution in [3.05, 3.63) is 45.4 Å². The third-order valence-electron chi connectivity index (χ3n) is 2.53. The monoisotopic (exact) mass is 325 g/mol. The highest BCUT2D eigenvalue weighted by atomic mass is 127. The number of aryl methyl sites for hydroxylation is 1. The molecule has 1 N–H and O–H groups in total. The highest BCUT2D eigenvalue weighted by Crippen LogP contribution is 2.23. The Morgan fingerprint density at radius 2 is 2.06 bits per heavy atom. The molecule has 2 aromatic rings. The van der Waals surface area contributed by atoms with E-state index in [0.717, 1.165) is 15.1 Å². The van der Waals surface area contributed by atoms with Gasteiger partial charge in [-0.05, 0) is 53.6 Å². The molecule has 0 amide bonds. The van der Waals surface area contributed by atoms with Gasteiger partial charge in [-0.15, -0.1) is 0 Å². The van der Waals surface area contributed by atoms with Crippen LogP contribution in [0.5, 0.6) is 0 Å². The second-order valence-electron chi connectivity index (χ2n) is 3.59. The maximum absolute atomic E-state index is 4.21. The Bertz CT molecular complexity index is 511. The summed E-state index contributed by atoms with van der Waals surface area (Å²) in [6.45, 7) is 4.21. The Morgan fingerprint density at radius 3 is 2.81 bits per heavy atom. The molecule has 0 bridgehead atoms. The first-order valence-electron chi connectivity index (χ1n) is 4.97. The first kappa shape index (κ1) is 11.3. The number of rotatable bonds is 2. The van der Waals surface area contributed by atoms with Crippen LogP contribution in [0.25, 0.3) is 0 Å². The summed E-state index contributed by atoms with van der Waals surface area (Å²) in [6.07, 6.45) is 3.34. The Labute approximate surface area is 108 Å².